The van der Waals surface area contributed by atoms with Crippen molar-refractivity contribution in [2.45, 2.75) is 25.4 Å². The van der Waals surface area contributed by atoms with E-state index in [4.69, 9.17) is 5.11 Å². The van der Waals surface area contributed by atoms with Gasteiger partial charge < -0.3 is 10.0 Å². The van der Waals surface area contributed by atoms with Crippen LogP contribution in [0.25, 0.3) is 0 Å². The van der Waals surface area contributed by atoms with Gasteiger partial charge >= 0.3 is 5.97 Å². The summed E-state index contributed by atoms with van der Waals surface area (Å²) in [4.78, 5) is 15.3. The fourth-order valence-electron chi connectivity index (χ4n) is 2.78. The summed E-state index contributed by atoms with van der Waals surface area (Å²) in [7, 11) is 4.06. The van der Waals surface area contributed by atoms with Crippen LogP contribution < -0.4 is 0 Å². The lowest BCUT2D eigenvalue weighted by Gasteiger charge is -2.27. The Morgan fingerprint density at radius 2 is 2.25 bits per heavy atom. The molecule has 1 saturated heterocycles. The minimum absolute atomic E-state index is 0.143. The molecule has 0 aromatic heterocycles. The van der Waals surface area contributed by atoms with Gasteiger partial charge in [0.2, 0.25) is 0 Å². The molecule has 0 bridgehead atoms. The number of hydrogen-bond donors (Lipinski definition) is 1. The Morgan fingerprint density at radius 3 is 2.90 bits per heavy atom. The molecule has 1 aromatic carbocycles. The molecule has 110 valence electrons. The summed E-state index contributed by atoms with van der Waals surface area (Å²) in [6.07, 6.45) is 2.22. The highest BCUT2D eigenvalue weighted by Crippen LogP contribution is 2.22. The fraction of sp³-hybridized carbons (Fsp3) is 0.533. The van der Waals surface area contributed by atoms with Crippen molar-refractivity contribution < 1.29 is 14.3 Å². The molecule has 0 radical (unpaired) electrons. The molecule has 0 amide bonds. The number of aromatic carboxylic acids is 1. The molecule has 1 fully saturated rings. The number of nitrogens with zero attached hydrogens (tertiary/aromatic N) is 2. The Morgan fingerprint density at radius 1 is 1.50 bits per heavy atom. The van der Waals surface area contributed by atoms with Gasteiger partial charge in [-0.3, -0.25) is 4.90 Å². The maximum Gasteiger partial charge on any atom is 0.335 e. The van der Waals surface area contributed by atoms with E-state index in [0.717, 1.165) is 25.9 Å². The van der Waals surface area contributed by atoms with Crippen molar-refractivity contribution in [3.05, 3.63) is 35.1 Å². The third-order valence-corrected chi connectivity index (χ3v) is 3.74. The maximum absolute atomic E-state index is 13.8. The number of carboxylic acid groups (broad SMARTS) is 1. The second kappa shape index (κ2) is 6.33. The standard InChI is InChI=1S/C15H21FN2O2/c1-17(2)10-13-4-3-7-18(13)9-12-8-11(15(19)20)5-6-14(12)16/h5-6,8,13H,3-4,7,9-10H2,1-2H3,(H,19,20). The van der Waals surface area contributed by atoms with E-state index >= 15 is 0 Å². The highest BCUT2D eigenvalue weighted by Gasteiger charge is 2.25. The van der Waals surface area contributed by atoms with E-state index in [-0.39, 0.29) is 11.4 Å². The van der Waals surface area contributed by atoms with Gasteiger partial charge in [0.15, 0.2) is 0 Å². The van der Waals surface area contributed by atoms with Crippen LogP contribution in [-0.2, 0) is 6.54 Å². The number of carboxylic acids is 1. The van der Waals surface area contributed by atoms with Crippen molar-refractivity contribution in [2.24, 2.45) is 0 Å². The van der Waals surface area contributed by atoms with Gasteiger partial charge in [-0.05, 0) is 51.7 Å². The van der Waals surface area contributed by atoms with Gasteiger partial charge in [0.25, 0.3) is 0 Å². The minimum Gasteiger partial charge on any atom is -0.478 e. The van der Waals surface area contributed by atoms with Crippen molar-refractivity contribution in [1.82, 2.24) is 9.80 Å². The van der Waals surface area contributed by atoms with Gasteiger partial charge in [0, 0.05) is 24.7 Å². The molecule has 1 aliphatic rings. The number of halogens is 1. The van der Waals surface area contributed by atoms with Gasteiger partial charge in [0.05, 0.1) is 5.56 Å². The number of benzene rings is 1. The highest BCUT2D eigenvalue weighted by molar-refractivity contribution is 5.87. The number of likely N-dealkylation sites (tertiary alicyclic amines) is 1. The van der Waals surface area contributed by atoms with E-state index in [1.165, 1.54) is 18.2 Å². The van der Waals surface area contributed by atoms with Crippen molar-refractivity contribution in [1.29, 1.82) is 0 Å². The monoisotopic (exact) mass is 280 g/mol. The molecule has 1 atom stereocenters. The lowest BCUT2D eigenvalue weighted by molar-refractivity contribution is 0.0696. The summed E-state index contributed by atoms with van der Waals surface area (Å²) in [5, 5.41) is 8.99. The lowest BCUT2D eigenvalue weighted by atomic mass is 10.1. The van der Waals surface area contributed by atoms with Crippen LogP contribution in [0.3, 0.4) is 0 Å². The minimum atomic E-state index is -1.02. The highest BCUT2D eigenvalue weighted by atomic mass is 19.1. The normalized spacial score (nSPS) is 19.7. The van der Waals surface area contributed by atoms with E-state index in [9.17, 15) is 9.18 Å². The van der Waals surface area contributed by atoms with Crippen molar-refractivity contribution in [3.8, 4) is 0 Å². The van der Waals surface area contributed by atoms with Gasteiger partial charge in [0.1, 0.15) is 5.82 Å². The van der Waals surface area contributed by atoms with Crippen LogP contribution in [-0.4, -0.2) is 54.1 Å². The molecule has 0 spiro atoms. The van der Waals surface area contributed by atoms with Crippen LogP contribution in [0.4, 0.5) is 4.39 Å². The summed E-state index contributed by atoms with van der Waals surface area (Å²) in [5.41, 5.74) is 0.611. The van der Waals surface area contributed by atoms with E-state index in [0.29, 0.717) is 18.2 Å². The average Bonchev–Trinajstić information content (AvgIpc) is 2.78. The second-order valence-electron chi connectivity index (χ2n) is 5.64. The molecule has 1 aromatic rings. The van der Waals surface area contributed by atoms with Crippen LogP contribution in [0.5, 0.6) is 0 Å². The topological polar surface area (TPSA) is 43.8 Å². The Bertz CT molecular complexity index is 491. The molecule has 1 N–H and O–H groups in total. The number of rotatable bonds is 5. The van der Waals surface area contributed by atoms with Crippen molar-refractivity contribution >= 4 is 5.97 Å². The maximum atomic E-state index is 13.8. The lowest BCUT2D eigenvalue weighted by Crippen LogP contribution is -2.37. The van der Waals surface area contributed by atoms with Gasteiger partial charge in [-0.1, -0.05) is 0 Å². The van der Waals surface area contributed by atoms with Crippen LogP contribution >= 0.6 is 0 Å². The molecule has 20 heavy (non-hydrogen) atoms. The molecular weight excluding hydrogens is 259 g/mol. The number of carbonyl (C=O) groups is 1. The first-order valence-corrected chi connectivity index (χ1v) is 6.88. The summed E-state index contributed by atoms with van der Waals surface area (Å²) in [6.45, 7) is 2.36. The van der Waals surface area contributed by atoms with E-state index in [1.54, 1.807) is 0 Å². The molecular formula is C15H21FN2O2. The summed E-state index contributed by atoms with van der Waals surface area (Å²) >= 11 is 0. The molecule has 4 nitrogen and oxygen atoms in total. The smallest absolute Gasteiger partial charge is 0.335 e. The van der Waals surface area contributed by atoms with Crippen LogP contribution in [0, 0.1) is 5.82 Å². The number of likely N-dealkylation sites (N-methyl/N-ethyl adjacent to an activating group) is 1. The third-order valence-electron chi connectivity index (χ3n) is 3.74. The molecule has 0 saturated carbocycles. The Kier molecular flexibility index (Phi) is 4.73. The first-order chi connectivity index (χ1) is 9.47. The zero-order valence-corrected chi connectivity index (χ0v) is 12.0. The first-order valence-electron chi connectivity index (χ1n) is 6.88. The third kappa shape index (κ3) is 3.55. The SMILES string of the molecule is CN(C)CC1CCCN1Cc1cc(C(=O)O)ccc1F. The molecule has 5 heteroatoms. The molecule has 1 unspecified atom stereocenters. The molecule has 0 aliphatic carbocycles. The zero-order valence-electron chi connectivity index (χ0n) is 12.0. The second-order valence-corrected chi connectivity index (χ2v) is 5.64. The predicted molar refractivity (Wildman–Crippen MR) is 75.3 cm³/mol. The number of hydrogen-bond acceptors (Lipinski definition) is 3. The van der Waals surface area contributed by atoms with Gasteiger partial charge in [-0.2, -0.15) is 0 Å². The Hall–Kier alpha value is -1.46. The van der Waals surface area contributed by atoms with Crippen molar-refractivity contribution in [3.63, 3.8) is 0 Å². The van der Waals surface area contributed by atoms with Gasteiger partial charge in [-0.25, -0.2) is 9.18 Å². The molecule has 2 rings (SSSR count). The predicted octanol–water partition coefficient (Wildman–Crippen LogP) is 2.05. The van der Waals surface area contributed by atoms with Crippen LogP contribution in [0.2, 0.25) is 0 Å². The van der Waals surface area contributed by atoms with Crippen LogP contribution in [0.1, 0.15) is 28.8 Å². The molecule has 1 heterocycles. The Labute approximate surface area is 118 Å². The fourth-order valence-corrected chi connectivity index (χ4v) is 2.78. The first kappa shape index (κ1) is 14.9. The van der Waals surface area contributed by atoms with Gasteiger partial charge in [-0.15, -0.1) is 0 Å². The summed E-state index contributed by atoms with van der Waals surface area (Å²) < 4.78 is 13.8. The Balaban J connectivity index is 2.12. The molecule has 1 aliphatic heterocycles. The quantitative estimate of drug-likeness (QED) is 0.896. The zero-order chi connectivity index (χ0) is 14.7. The van der Waals surface area contributed by atoms with E-state index in [1.807, 2.05) is 14.1 Å². The van der Waals surface area contributed by atoms with Crippen molar-refractivity contribution in [2.75, 3.05) is 27.2 Å². The van der Waals surface area contributed by atoms with E-state index < -0.39 is 5.97 Å². The largest absolute Gasteiger partial charge is 0.478 e. The van der Waals surface area contributed by atoms with E-state index in [2.05, 4.69) is 9.80 Å². The summed E-state index contributed by atoms with van der Waals surface area (Å²) in [6, 6.07) is 4.42. The summed E-state index contributed by atoms with van der Waals surface area (Å²) in [5.74, 6) is -1.34. The average molecular weight is 280 g/mol. The van der Waals surface area contributed by atoms with Crippen LogP contribution in [0.15, 0.2) is 18.2 Å².